The number of hydrogen-bond donors (Lipinski definition) is 1. The van der Waals surface area contributed by atoms with Crippen LogP contribution in [0.3, 0.4) is 0 Å². The van der Waals surface area contributed by atoms with E-state index in [1.165, 1.54) is 17.5 Å². The van der Waals surface area contributed by atoms with Gasteiger partial charge in [0, 0.05) is 0 Å². The third-order valence-corrected chi connectivity index (χ3v) is 6.60. The highest BCUT2D eigenvalue weighted by molar-refractivity contribution is 9.11. The third-order valence-electron chi connectivity index (χ3n) is 2.42. The zero-order valence-electron chi connectivity index (χ0n) is 10.1. The van der Waals surface area contributed by atoms with Crippen LogP contribution in [-0.4, -0.2) is 13.4 Å². The van der Waals surface area contributed by atoms with Crippen molar-refractivity contribution in [3.05, 3.63) is 38.4 Å². The summed E-state index contributed by atoms with van der Waals surface area (Å²) in [7, 11) is -3.59. The van der Waals surface area contributed by atoms with E-state index < -0.39 is 10.0 Å². The highest BCUT2D eigenvalue weighted by Gasteiger charge is 2.19. The van der Waals surface area contributed by atoms with Gasteiger partial charge in [-0.25, -0.2) is 13.4 Å². The monoisotopic (exact) mass is 380 g/mol. The fraction of sp³-hybridized carbons (Fsp3) is 0.182. The number of hydrogen-bond acceptors (Lipinski definition) is 4. The first-order valence-corrected chi connectivity index (χ1v) is 8.67. The van der Waals surface area contributed by atoms with Crippen molar-refractivity contribution in [2.24, 2.45) is 0 Å². The normalized spacial score (nSPS) is 11.6. The molecule has 0 fully saturated rings. The summed E-state index contributed by atoms with van der Waals surface area (Å²) in [4.78, 5) is 3.87. The molecule has 0 unspecified atom stereocenters. The van der Waals surface area contributed by atoms with E-state index >= 15 is 0 Å². The summed E-state index contributed by atoms with van der Waals surface area (Å²) in [5.41, 5.74) is 2.03. The third kappa shape index (κ3) is 3.28. The molecule has 0 aliphatic heterocycles. The minimum Gasteiger partial charge on any atom is -0.277 e. The van der Waals surface area contributed by atoms with Gasteiger partial charge in [0.15, 0.2) is 0 Å². The average molecular weight is 382 g/mol. The smallest absolute Gasteiger partial charge is 0.271 e. The van der Waals surface area contributed by atoms with Crippen LogP contribution in [0.15, 0.2) is 26.3 Å². The van der Waals surface area contributed by atoms with Crippen molar-refractivity contribution in [1.82, 2.24) is 4.98 Å². The average Bonchev–Trinajstić information content (AvgIpc) is 2.64. The summed E-state index contributed by atoms with van der Waals surface area (Å²) in [6, 6.07) is 3.23. The predicted octanol–water partition coefficient (Wildman–Crippen LogP) is 3.98. The van der Waals surface area contributed by atoms with Crippen molar-refractivity contribution in [1.29, 1.82) is 0 Å². The second-order valence-corrected chi connectivity index (χ2v) is 8.62. The zero-order chi connectivity index (χ0) is 14.2. The van der Waals surface area contributed by atoms with Crippen LogP contribution in [0.4, 0.5) is 5.69 Å². The Morgan fingerprint density at radius 2 is 2.00 bits per heavy atom. The van der Waals surface area contributed by atoms with Gasteiger partial charge in [-0.2, -0.15) is 0 Å². The van der Waals surface area contributed by atoms with Gasteiger partial charge >= 0.3 is 0 Å². The molecule has 2 heterocycles. The summed E-state index contributed by atoms with van der Waals surface area (Å²) >= 11 is 10.2. The van der Waals surface area contributed by atoms with Crippen molar-refractivity contribution in [3.63, 3.8) is 0 Å². The van der Waals surface area contributed by atoms with E-state index in [9.17, 15) is 8.42 Å². The minimum absolute atomic E-state index is 0.256. The molecular weight excluding hydrogens is 372 g/mol. The Hall–Kier alpha value is -0.630. The van der Waals surface area contributed by atoms with Gasteiger partial charge in [0.05, 0.1) is 15.7 Å². The molecule has 0 radical (unpaired) electrons. The Labute approximate surface area is 129 Å². The van der Waals surface area contributed by atoms with Crippen LogP contribution >= 0.6 is 38.9 Å². The first-order chi connectivity index (χ1) is 8.79. The minimum atomic E-state index is -3.59. The molecule has 0 aliphatic rings. The van der Waals surface area contributed by atoms with Gasteiger partial charge in [-0.05, 0) is 53.0 Å². The van der Waals surface area contributed by atoms with E-state index in [1.54, 1.807) is 19.1 Å². The zero-order valence-corrected chi connectivity index (χ0v) is 14.0. The number of rotatable bonds is 3. The molecule has 1 N–H and O–H groups in total. The van der Waals surface area contributed by atoms with E-state index in [1.807, 2.05) is 6.92 Å². The number of aryl methyl sites for hydroxylation is 2. The molecule has 0 spiro atoms. The maximum Gasteiger partial charge on any atom is 0.271 e. The van der Waals surface area contributed by atoms with Crippen LogP contribution in [0.1, 0.15) is 11.1 Å². The summed E-state index contributed by atoms with van der Waals surface area (Å²) < 4.78 is 28.0. The Balaban J connectivity index is 2.36. The molecule has 2 aromatic heterocycles. The Morgan fingerprint density at radius 3 is 2.53 bits per heavy atom. The molecule has 19 heavy (non-hydrogen) atoms. The molecule has 8 heteroatoms. The fourth-order valence-corrected chi connectivity index (χ4v) is 4.94. The lowest BCUT2D eigenvalue weighted by molar-refractivity contribution is 0.603. The lowest BCUT2D eigenvalue weighted by atomic mass is 10.3. The number of nitrogens with one attached hydrogen (secondary N) is 1. The topological polar surface area (TPSA) is 59.1 Å². The van der Waals surface area contributed by atoms with Crippen LogP contribution in [0.25, 0.3) is 0 Å². The molecule has 0 aromatic carbocycles. The second-order valence-electron chi connectivity index (χ2n) is 3.95. The van der Waals surface area contributed by atoms with Crippen molar-refractivity contribution in [2.45, 2.75) is 18.1 Å². The Kier molecular flexibility index (Phi) is 4.20. The fourth-order valence-electron chi connectivity index (χ4n) is 1.39. The van der Waals surface area contributed by atoms with E-state index in [-0.39, 0.29) is 4.21 Å². The van der Waals surface area contributed by atoms with Gasteiger partial charge in [0.25, 0.3) is 10.0 Å². The van der Waals surface area contributed by atoms with Gasteiger partial charge in [0.1, 0.15) is 9.36 Å². The SMILES string of the molecule is Cc1cc(Cl)ncc1NS(=O)(=O)c1cc(C)c(Br)s1. The standard InChI is InChI=1S/C11H10BrClN2O2S2/c1-6-3-9(13)14-5-8(6)15-19(16,17)10-4-7(2)11(12)18-10/h3-5,15H,1-2H3. The molecular formula is C11H10BrClN2O2S2. The number of sulfonamides is 1. The van der Waals surface area contributed by atoms with Gasteiger partial charge in [-0.15, -0.1) is 11.3 Å². The van der Waals surface area contributed by atoms with E-state index in [0.717, 1.165) is 14.9 Å². The molecule has 0 aliphatic carbocycles. The van der Waals surface area contributed by atoms with Crippen molar-refractivity contribution < 1.29 is 8.42 Å². The first-order valence-electron chi connectivity index (χ1n) is 5.20. The molecule has 4 nitrogen and oxygen atoms in total. The lowest BCUT2D eigenvalue weighted by Gasteiger charge is -2.08. The highest BCUT2D eigenvalue weighted by Crippen LogP contribution is 2.32. The summed E-state index contributed by atoms with van der Waals surface area (Å²) in [6.07, 6.45) is 1.41. The maximum absolute atomic E-state index is 12.2. The molecule has 2 aromatic rings. The van der Waals surface area contributed by atoms with Crippen LogP contribution in [0.5, 0.6) is 0 Å². The summed E-state index contributed by atoms with van der Waals surface area (Å²) in [6.45, 7) is 3.61. The molecule has 0 atom stereocenters. The number of halogens is 2. The van der Waals surface area contributed by atoms with Gasteiger partial charge < -0.3 is 0 Å². The molecule has 0 amide bonds. The van der Waals surface area contributed by atoms with Gasteiger partial charge in [-0.1, -0.05) is 11.6 Å². The van der Waals surface area contributed by atoms with Gasteiger partial charge in [0.2, 0.25) is 0 Å². The van der Waals surface area contributed by atoms with E-state index in [2.05, 4.69) is 25.6 Å². The highest BCUT2D eigenvalue weighted by atomic mass is 79.9. The molecule has 102 valence electrons. The van der Waals surface area contributed by atoms with Crippen LogP contribution in [-0.2, 0) is 10.0 Å². The van der Waals surface area contributed by atoms with E-state index in [0.29, 0.717) is 10.8 Å². The Bertz CT molecular complexity index is 709. The number of anilines is 1. The van der Waals surface area contributed by atoms with Crippen molar-refractivity contribution in [2.75, 3.05) is 4.72 Å². The Morgan fingerprint density at radius 1 is 1.32 bits per heavy atom. The van der Waals surface area contributed by atoms with Crippen LogP contribution in [0.2, 0.25) is 5.15 Å². The summed E-state index contributed by atoms with van der Waals surface area (Å²) in [5.74, 6) is 0. The molecule has 0 saturated carbocycles. The van der Waals surface area contributed by atoms with Crippen molar-refractivity contribution in [3.8, 4) is 0 Å². The summed E-state index contributed by atoms with van der Waals surface area (Å²) in [5, 5.41) is 0.329. The van der Waals surface area contributed by atoms with E-state index in [4.69, 9.17) is 11.6 Å². The molecule has 0 saturated heterocycles. The largest absolute Gasteiger partial charge is 0.277 e. The number of thiophene rings is 1. The quantitative estimate of drug-likeness (QED) is 0.818. The molecule has 2 rings (SSSR count). The van der Waals surface area contributed by atoms with Crippen molar-refractivity contribution >= 4 is 54.6 Å². The number of pyridine rings is 1. The first kappa shape index (κ1) is 14.8. The van der Waals surface area contributed by atoms with Gasteiger partial charge in [-0.3, -0.25) is 4.72 Å². The predicted molar refractivity (Wildman–Crippen MR) is 81.5 cm³/mol. The maximum atomic E-state index is 12.2. The second kappa shape index (κ2) is 5.40. The lowest BCUT2D eigenvalue weighted by Crippen LogP contribution is -2.12. The van der Waals surface area contributed by atoms with Crippen LogP contribution < -0.4 is 4.72 Å². The molecule has 0 bridgehead atoms. The number of nitrogens with zero attached hydrogens (tertiary/aromatic N) is 1. The number of aromatic nitrogens is 1. The van der Waals surface area contributed by atoms with Crippen LogP contribution in [0, 0.1) is 13.8 Å².